The number of aromatic nitrogens is 3. The third-order valence-corrected chi connectivity index (χ3v) is 4.10. The molecular formula is C20H22F3N5O. The Morgan fingerprint density at radius 2 is 1.76 bits per heavy atom. The fourth-order valence-corrected chi connectivity index (χ4v) is 2.82. The number of anilines is 3. The van der Waals surface area contributed by atoms with E-state index in [1.54, 1.807) is 12.1 Å². The molecule has 2 aromatic carbocycles. The Labute approximate surface area is 166 Å². The number of rotatable bonds is 8. The molecule has 0 aliphatic carbocycles. The van der Waals surface area contributed by atoms with Gasteiger partial charge in [0.1, 0.15) is 18.0 Å². The number of hydrogen-bond donors (Lipinski definition) is 2. The summed E-state index contributed by atoms with van der Waals surface area (Å²) in [4.78, 5) is 4.03. The Morgan fingerprint density at radius 1 is 1.07 bits per heavy atom. The van der Waals surface area contributed by atoms with Gasteiger partial charge >= 0.3 is 0 Å². The summed E-state index contributed by atoms with van der Waals surface area (Å²) in [6.45, 7) is 6.66. The fourth-order valence-electron chi connectivity index (χ4n) is 2.82. The summed E-state index contributed by atoms with van der Waals surface area (Å²) >= 11 is 0. The van der Waals surface area contributed by atoms with E-state index in [2.05, 4.69) is 20.7 Å². The smallest absolute Gasteiger partial charge is 0.247 e. The molecule has 0 radical (unpaired) electrons. The van der Waals surface area contributed by atoms with Crippen molar-refractivity contribution in [2.45, 2.75) is 26.9 Å². The molecule has 1 heterocycles. The minimum Gasteiger partial charge on any atom is -0.380 e. The summed E-state index contributed by atoms with van der Waals surface area (Å²) in [6, 6.07) is 6.32. The maximum Gasteiger partial charge on any atom is 0.247 e. The number of halogens is 3. The minimum absolute atomic E-state index is 0.0691. The highest BCUT2D eigenvalue weighted by molar-refractivity contribution is 5.64. The van der Waals surface area contributed by atoms with Crippen LogP contribution in [0.5, 0.6) is 0 Å². The van der Waals surface area contributed by atoms with Crippen LogP contribution in [0.1, 0.15) is 19.4 Å². The lowest BCUT2D eigenvalue weighted by Crippen LogP contribution is -2.20. The van der Waals surface area contributed by atoms with Gasteiger partial charge in [-0.1, -0.05) is 0 Å². The molecule has 1 unspecified atom stereocenters. The van der Waals surface area contributed by atoms with Gasteiger partial charge in [-0.2, -0.15) is 4.98 Å². The van der Waals surface area contributed by atoms with Gasteiger partial charge in [0, 0.05) is 19.2 Å². The average Bonchev–Trinajstić information content (AvgIpc) is 3.11. The molecule has 0 aliphatic heterocycles. The first kappa shape index (κ1) is 20.7. The summed E-state index contributed by atoms with van der Waals surface area (Å²) in [5.41, 5.74) is 1.50. The highest BCUT2D eigenvalue weighted by Gasteiger charge is 2.13. The second-order valence-electron chi connectivity index (χ2n) is 6.59. The van der Waals surface area contributed by atoms with Crippen molar-refractivity contribution >= 4 is 17.3 Å². The van der Waals surface area contributed by atoms with Crippen LogP contribution >= 0.6 is 0 Å². The van der Waals surface area contributed by atoms with Crippen LogP contribution in [-0.2, 0) is 4.74 Å². The molecule has 0 spiro atoms. The zero-order chi connectivity index (χ0) is 21.0. The van der Waals surface area contributed by atoms with E-state index >= 15 is 0 Å². The lowest BCUT2D eigenvalue weighted by molar-refractivity contribution is 0.0855. The Bertz CT molecular complexity index is 972. The van der Waals surface area contributed by atoms with Crippen LogP contribution in [0.25, 0.3) is 5.69 Å². The second kappa shape index (κ2) is 8.95. The van der Waals surface area contributed by atoms with E-state index in [-0.39, 0.29) is 23.4 Å². The van der Waals surface area contributed by atoms with Gasteiger partial charge in [0.05, 0.1) is 23.2 Å². The number of nitrogens with one attached hydrogen (secondary N) is 2. The van der Waals surface area contributed by atoms with E-state index in [1.165, 1.54) is 11.0 Å². The fraction of sp³-hybridized carbons (Fsp3) is 0.300. The van der Waals surface area contributed by atoms with Crippen molar-refractivity contribution in [1.29, 1.82) is 0 Å². The Balaban J connectivity index is 1.79. The molecule has 3 aromatic rings. The van der Waals surface area contributed by atoms with Crippen molar-refractivity contribution < 1.29 is 17.9 Å². The molecule has 9 heteroatoms. The Kier molecular flexibility index (Phi) is 6.38. The molecule has 6 nitrogen and oxygen atoms in total. The molecule has 2 N–H and O–H groups in total. The maximum atomic E-state index is 14.9. The highest BCUT2D eigenvalue weighted by Crippen LogP contribution is 2.27. The second-order valence-corrected chi connectivity index (χ2v) is 6.59. The van der Waals surface area contributed by atoms with Gasteiger partial charge in [-0.3, -0.25) is 0 Å². The number of ether oxygens (including phenoxy) is 1. The maximum absolute atomic E-state index is 14.9. The van der Waals surface area contributed by atoms with Crippen molar-refractivity contribution in [3.05, 3.63) is 59.7 Å². The SMILES string of the molecule is CCOC(C)CNc1cc(C)cc(Nc2ncn(-c3cc(F)cc(F)c3)n2)c1F. The van der Waals surface area contributed by atoms with E-state index < -0.39 is 17.5 Å². The molecule has 1 aromatic heterocycles. The van der Waals surface area contributed by atoms with Gasteiger partial charge in [-0.15, -0.1) is 5.10 Å². The number of benzene rings is 2. The predicted octanol–water partition coefficient (Wildman–Crippen LogP) is 4.57. The average molecular weight is 405 g/mol. The first-order valence-electron chi connectivity index (χ1n) is 9.16. The van der Waals surface area contributed by atoms with Gasteiger partial charge in [0.25, 0.3) is 0 Å². The number of hydrogen-bond acceptors (Lipinski definition) is 5. The molecule has 0 fully saturated rings. The molecule has 0 amide bonds. The van der Waals surface area contributed by atoms with Gasteiger partial charge in [0.2, 0.25) is 5.95 Å². The van der Waals surface area contributed by atoms with Crippen molar-refractivity contribution in [3.63, 3.8) is 0 Å². The lowest BCUT2D eigenvalue weighted by Gasteiger charge is -2.16. The summed E-state index contributed by atoms with van der Waals surface area (Å²) in [5.74, 6) is -1.86. The third kappa shape index (κ3) is 5.26. The van der Waals surface area contributed by atoms with E-state index in [9.17, 15) is 13.2 Å². The Morgan fingerprint density at radius 3 is 2.45 bits per heavy atom. The normalized spacial score (nSPS) is 12.1. The summed E-state index contributed by atoms with van der Waals surface area (Å²) in [6.07, 6.45) is 1.22. The van der Waals surface area contributed by atoms with Crippen LogP contribution in [0.3, 0.4) is 0 Å². The van der Waals surface area contributed by atoms with Crippen LogP contribution in [0.15, 0.2) is 36.7 Å². The van der Waals surface area contributed by atoms with E-state index in [0.717, 1.165) is 23.8 Å². The van der Waals surface area contributed by atoms with Gasteiger partial charge in [-0.25, -0.2) is 17.9 Å². The van der Waals surface area contributed by atoms with E-state index in [0.29, 0.717) is 18.8 Å². The molecule has 1 atom stereocenters. The van der Waals surface area contributed by atoms with Crippen LogP contribution in [0.4, 0.5) is 30.5 Å². The van der Waals surface area contributed by atoms with Crippen LogP contribution in [0, 0.1) is 24.4 Å². The lowest BCUT2D eigenvalue weighted by atomic mass is 10.1. The molecule has 0 saturated heterocycles. The van der Waals surface area contributed by atoms with Crippen LogP contribution in [-0.4, -0.2) is 34.0 Å². The summed E-state index contributed by atoms with van der Waals surface area (Å²) < 4.78 is 48.3. The monoisotopic (exact) mass is 405 g/mol. The van der Waals surface area contributed by atoms with Gasteiger partial charge in [-0.05, 0) is 50.6 Å². The van der Waals surface area contributed by atoms with E-state index in [4.69, 9.17) is 4.74 Å². The zero-order valence-electron chi connectivity index (χ0n) is 16.3. The van der Waals surface area contributed by atoms with Crippen molar-refractivity contribution in [1.82, 2.24) is 14.8 Å². The van der Waals surface area contributed by atoms with Crippen molar-refractivity contribution in [3.8, 4) is 5.69 Å². The quantitative estimate of drug-likeness (QED) is 0.575. The molecule has 29 heavy (non-hydrogen) atoms. The number of aryl methyl sites for hydroxylation is 1. The van der Waals surface area contributed by atoms with Gasteiger partial charge in [0.15, 0.2) is 5.82 Å². The topological polar surface area (TPSA) is 64.0 Å². The minimum atomic E-state index is -0.730. The van der Waals surface area contributed by atoms with E-state index in [1.807, 2.05) is 20.8 Å². The molecule has 154 valence electrons. The molecule has 0 saturated carbocycles. The Hall–Kier alpha value is -3.07. The highest BCUT2D eigenvalue weighted by atomic mass is 19.1. The first-order chi connectivity index (χ1) is 13.9. The van der Waals surface area contributed by atoms with Crippen LogP contribution < -0.4 is 10.6 Å². The molecular weight excluding hydrogens is 383 g/mol. The van der Waals surface area contributed by atoms with Crippen LogP contribution in [0.2, 0.25) is 0 Å². The van der Waals surface area contributed by atoms with Gasteiger partial charge < -0.3 is 15.4 Å². The molecule has 3 rings (SSSR count). The standard InChI is InChI=1S/C20H22F3N5O/c1-4-29-13(3)10-24-17-5-12(2)6-18(19(17)23)26-20-25-11-28(27-20)16-8-14(21)7-15(22)9-16/h5-9,11,13,24H,4,10H2,1-3H3,(H,26,27). The molecule has 0 bridgehead atoms. The molecule has 0 aliphatic rings. The first-order valence-corrected chi connectivity index (χ1v) is 9.16. The number of nitrogens with zero attached hydrogens (tertiary/aromatic N) is 3. The predicted molar refractivity (Wildman–Crippen MR) is 105 cm³/mol. The largest absolute Gasteiger partial charge is 0.380 e. The summed E-state index contributed by atoms with van der Waals surface area (Å²) in [7, 11) is 0. The zero-order valence-corrected chi connectivity index (χ0v) is 16.3. The summed E-state index contributed by atoms with van der Waals surface area (Å²) in [5, 5.41) is 9.96. The third-order valence-electron chi connectivity index (χ3n) is 4.10. The van der Waals surface area contributed by atoms with Crippen molar-refractivity contribution in [2.24, 2.45) is 0 Å². The van der Waals surface area contributed by atoms with Crippen molar-refractivity contribution in [2.75, 3.05) is 23.8 Å².